The van der Waals surface area contributed by atoms with Crippen molar-refractivity contribution in [3.8, 4) is 11.5 Å². The van der Waals surface area contributed by atoms with Crippen molar-refractivity contribution >= 4 is 0 Å². The summed E-state index contributed by atoms with van der Waals surface area (Å²) in [6, 6.07) is 10.4. The maximum atomic E-state index is 12.8. The van der Waals surface area contributed by atoms with Gasteiger partial charge < -0.3 is 19.9 Å². The molecule has 0 heterocycles. The lowest BCUT2D eigenvalue weighted by Crippen LogP contribution is -2.23. The molecule has 142 valence electrons. The minimum atomic E-state index is -4.38. The SMILES string of the molecule is COc1cc(CNCC(C)O)ccc1OCc1cccc(C(F)(F)F)c1. The molecule has 4 nitrogen and oxygen atoms in total. The van der Waals surface area contributed by atoms with E-state index >= 15 is 0 Å². The number of aliphatic hydroxyl groups is 1. The Morgan fingerprint density at radius 2 is 1.85 bits per heavy atom. The molecule has 0 amide bonds. The molecule has 0 radical (unpaired) electrons. The van der Waals surface area contributed by atoms with Gasteiger partial charge in [-0.1, -0.05) is 18.2 Å². The topological polar surface area (TPSA) is 50.7 Å². The lowest BCUT2D eigenvalue weighted by atomic mass is 10.1. The van der Waals surface area contributed by atoms with Crippen LogP contribution in [0.3, 0.4) is 0 Å². The van der Waals surface area contributed by atoms with E-state index in [0.29, 0.717) is 30.2 Å². The van der Waals surface area contributed by atoms with E-state index in [4.69, 9.17) is 9.47 Å². The highest BCUT2D eigenvalue weighted by Gasteiger charge is 2.30. The average Bonchev–Trinajstić information content (AvgIpc) is 2.59. The van der Waals surface area contributed by atoms with Gasteiger partial charge in [-0.05, 0) is 42.3 Å². The molecule has 0 saturated carbocycles. The Hall–Kier alpha value is -2.25. The molecule has 0 bridgehead atoms. The standard InChI is InChI=1S/C19H22F3NO3/c1-13(24)10-23-11-14-6-7-17(18(9-14)25-2)26-12-15-4-3-5-16(8-15)19(20,21)22/h3-9,13,23-24H,10-12H2,1-2H3. The van der Waals surface area contributed by atoms with Gasteiger partial charge in [0.1, 0.15) is 6.61 Å². The highest BCUT2D eigenvalue weighted by atomic mass is 19.4. The molecule has 2 rings (SSSR count). The number of nitrogens with one attached hydrogen (secondary N) is 1. The molecule has 7 heteroatoms. The van der Waals surface area contributed by atoms with Crippen LogP contribution in [0.1, 0.15) is 23.6 Å². The van der Waals surface area contributed by atoms with E-state index in [1.54, 1.807) is 25.1 Å². The average molecular weight is 369 g/mol. The van der Waals surface area contributed by atoms with Gasteiger partial charge in [0.05, 0.1) is 18.8 Å². The zero-order valence-corrected chi connectivity index (χ0v) is 14.6. The molecule has 0 aliphatic heterocycles. The highest BCUT2D eigenvalue weighted by molar-refractivity contribution is 5.43. The molecule has 0 saturated heterocycles. The van der Waals surface area contributed by atoms with Crippen molar-refractivity contribution in [2.75, 3.05) is 13.7 Å². The summed E-state index contributed by atoms with van der Waals surface area (Å²) in [4.78, 5) is 0. The molecule has 0 fully saturated rings. The second-order valence-corrected chi connectivity index (χ2v) is 5.95. The normalized spacial score (nSPS) is 12.7. The summed E-state index contributed by atoms with van der Waals surface area (Å²) in [5, 5.41) is 12.3. The predicted molar refractivity (Wildman–Crippen MR) is 92.2 cm³/mol. The third-order valence-corrected chi connectivity index (χ3v) is 3.65. The third-order valence-electron chi connectivity index (χ3n) is 3.65. The fraction of sp³-hybridized carbons (Fsp3) is 0.368. The molecule has 2 aromatic carbocycles. The van der Waals surface area contributed by atoms with Gasteiger partial charge in [-0.3, -0.25) is 0 Å². The lowest BCUT2D eigenvalue weighted by Gasteiger charge is -2.14. The zero-order chi connectivity index (χ0) is 19.2. The van der Waals surface area contributed by atoms with Gasteiger partial charge in [0.15, 0.2) is 11.5 Å². The number of ether oxygens (including phenoxy) is 2. The first-order valence-electron chi connectivity index (χ1n) is 8.14. The number of aliphatic hydroxyl groups excluding tert-OH is 1. The van der Waals surface area contributed by atoms with Crippen LogP contribution in [0.25, 0.3) is 0 Å². The van der Waals surface area contributed by atoms with Gasteiger partial charge in [-0.15, -0.1) is 0 Å². The molecule has 26 heavy (non-hydrogen) atoms. The molecular formula is C19H22F3NO3. The van der Waals surface area contributed by atoms with Crippen molar-refractivity contribution in [2.24, 2.45) is 0 Å². The number of halogens is 3. The van der Waals surface area contributed by atoms with E-state index in [1.165, 1.54) is 13.2 Å². The first-order valence-corrected chi connectivity index (χ1v) is 8.14. The number of rotatable bonds is 8. The lowest BCUT2D eigenvalue weighted by molar-refractivity contribution is -0.137. The van der Waals surface area contributed by atoms with Crippen LogP contribution in [0.2, 0.25) is 0 Å². The van der Waals surface area contributed by atoms with Crippen molar-refractivity contribution in [2.45, 2.75) is 32.4 Å². The molecule has 2 aromatic rings. The first kappa shape index (κ1) is 20.1. The summed E-state index contributed by atoms with van der Waals surface area (Å²) in [6.45, 7) is 2.71. The zero-order valence-electron chi connectivity index (χ0n) is 14.6. The number of methoxy groups -OCH3 is 1. The Labute approximate surface area is 150 Å². The van der Waals surface area contributed by atoms with Crippen LogP contribution >= 0.6 is 0 Å². The van der Waals surface area contributed by atoms with Crippen LogP contribution < -0.4 is 14.8 Å². The maximum Gasteiger partial charge on any atom is 0.416 e. The number of benzene rings is 2. The molecular weight excluding hydrogens is 347 g/mol. The summed E-state index contributed by atoms with van der Waals surface area (Å²) in [6.07, 6.45) is -4.82. The highest BCUT2D eigenvalue weighted by Crippen LogP contribution is 2.31. The summed E-state index contributed by atoms with van der Waals surface area (Å²) in [5.41, 5.74) is 0.656. The van der Waals surface area contributed by atoms with E-state index in [0.717, 1.165) is 17.7 Å². The number of alkyl halides is 3. The second-order valence-electron chi connectivity index (χ2n) is 5.95. The molecule has 0 aliphatic rings. The summed E-state index contributed by atoms with van der Waals surface area (Å²) < 4.78 is 49.2. The van der Waals surface area contributed by atoms with Gasteiger partial charge >= 0.3 is 6.18 Å². The molecule has 1 unspecified atom stereocenters. The molecule has 0 aliphatic carbocycles. The van der Waals surface area contributed by atoms with E-state index < -0.39 is 17.8 Å². The van der Waals surface area contributed by atoms with Crippen LogP contribution in [0, 0.1) is 0 Å². The third kappa shape index (κ3) is 5.93. The monoisotopic (exact) mass is 369 g/mol. The van der Waals surface area contributed by atoms with Gasteiger partial charge in [0, 0.05) is 13.1 Å². The Balaban J connectivity index is 2.03. The van der Waals surface area contributed by atoms with Crippen LogP contribution in [-0.4, -0.2) is 24.9 Å². The minimum Gasteiger partial charge on any atom is -0.493 e. The van der Waals surface area contributed by atoms with Gasteiger partial charge in [0.25, 0.3) is 0 Å². The number of hydrogen-bond donors (Lipinski definition) is 2. The van der Waals surface area contributed by atoms with Crippen molar-refractivity contribution in [3.05, 3.63) is 59.2 Å². The van der Waals surface area contributed by atoms with Crippen molar-refractivity contribution < 1.29 is 27.8 Å². The summed E-state index contributed by atoms with van der Waals surface area (Å²) in [7, 11) is 1.50. The van der Waals surface area contributed by atoms with Gasteiger partial charge in [-0.2, -0.15) is 13.2 Å². The number of hydrogen-bond acceptors (Lipinski definition) is 4. The van der Waals surface area contributed by atoms with Crippen LogP contribution in [0.15, 0.2) is 42.5 Å². The van der Waals surface area contributed by atoms with E-state index in [2.05, 4.69) is 5.32 Å². The fourth-order valence-electron chi connectivity index (χ4n) is 2.37. The van der Waals surface area contributed by atoms with Crippen molar-refractivity contribution in [3.63, 3.8) is 0 Å². The van der Waals surface area contributed by atoms with E-state index in [-0.39, 0.29) is 6.61 Å². The fourth-order valence-corrected chi connectivity index (χ4v) is 2.37. The molecule has 0 aromatic heterocycles. The van der Waals surface area contributed by atoms with E-state index in [1.807, 2.05) is 6.07 Å². The maximum absolute atomic E-state index is 12.8. The van der Waals surface area contributed by atoms with Gasteiger partial charge in [-0.25, -0.2) is 0 Å². The predicted octanol–water partition coefficient (Wildman–Crippen LogP) is 3.76. The molecule has 0 spiro atoms. The smallest absolute Gasteiger partial charge is 0.416 e. The summed E-state index contributed by atoms with van der Waals surface area (Å²) in [5.74, 6) is 0.942. The largest absolute Gasteiger partial charge is 0.493 e. The minimum absolute atomic E-state index is 0.0000955. The summed E-state index contributed by atoms with van der Waals surface area (Å²) >= 11 is 0. The van der Waals surface area contributed by atoms with Crippen LogP contribution in [-0.2, 0) is 19.3 Å². The van der Waals surface area contributed by atoms with Crippen molar-refractivity contribution in [1.82, 2.24) is 5.32 Å². The Morgan fingerprint density at radius 3 is 2.50 bits per heavy atom. The van der Waals surface area contributed by atoms with E-state index in [9.17, 15) is 18.3 Å². The molecule has 1 atom stereocenters. The van der Waals surface area contributed by atoms with Crippen molar-refractivity contribution in [1.29, 1.82) is 0 Å². The Morgan fingerprint density at radius 1 is 1.08 bits per heavy atom. The van der Waals surface area contributed by atoms with Gasteiger partial charge in [0.2, 0.25) is 0 Å². The quantitative estimate of drug-likeness (QED) is 0.744. The second kappa shape index (κ2) is 8.91. The first-order chi connectivity index (χ1) is 12.3. The Bertz CT molecular complexity index is 717. The molecule has 2 N–H and O–H groups in total. The Kier molecular flexibility index (Phi) is 6.88. The van der Waals surface area contributed by atoms with Crippen LogP contribution in [0.4, 0.5) is 13.2 Å². The van der Waals surface area contributed by atoms with Crippen LogP contribution in [0.5, 0.6) is 11.5 Å².